The number of nitrogen functional groups attached to an aromatic ring is 1. The van der Waals surface area contributed by atoms with Gasteiger partial charge in [-0.05, 0) is 17.7 Å². The SMILES string of the molecule is CC(C)(C)c1cc(N)n(-c2ccc(CC(=O)O)cc2)n1.Cl. The van der Waals surface area contributed by atoms with Crippen LogP contribution in [0.1, 0.15) is 32.0 Å². The Morgan fingerprint density at radius 3 is 2.29 bits per heavy atom. The van der Waals surface area contributed by atoms with Crippen LogP contribution in [0.5, 0.6) is 0 Å². The topological polar surface area (TPSA) is 81.1 Å². The average Bonchev–Trinajstić information content (AvgIpc) is 2.71. The second-order valence-corrected chi connectivity index (χ2v) is 5.85. The Morgan fingerprint density at radius 1 is 1.29 bits per heavy atom. The average molecular weight is 310 g/mol. The first-order valence-electron chi connectivity index (χ1n) is 6.44. The molecule has 0 saturated carbocycles. The number of carboxylic acid groups (broad SMARTS) is 1. The van der Waals surface area contributed by atoms with E-state index in [4.69, 9.17) is 10.8 Å². The quantitative estimate of drug-likeness (QED) is 0.913. The number of aliphatic carboxylic acids is 1. The summed E-state index contributed by atoms with van der Waals surface area (Å²) in [6.07, 6.45) is 0.0160. The highest BCUT2D eigenvalue weighted by atomic mass is 35.5. The van der Waals surface area contributed by atoms with Crippen molar-refractivity contribution in [3.8, 4) is 5.69 Å². The van der Waals surface area contributed by atoms with E-state index in [1.807, 2.05) is 18.2 Å². The van der Waals surface area contributed by atoms with Crippen molar-refractivity contribution in [3.63, 3.8) is 0 Å². The molecule has 1 aromatic carbocycles. The summed E-state index contributed by atoms with van der Waals surface area (Å²) in [6, 6.07) is 9.08. The lowest BCUT2D eigenvalue weighted by atomic mass is 9.92. The smallest absolute Gasteiger partial charge is 0.307 e. The Bertz CT molecular complexity index is 627. The molecule has 5 nitrogen and oxygen atoms in total. The highest BCUT2D eigenvalue weighted by molar-refractivity contribution is 5.85. The number of nitrogens with zero attached hydrogens (tertiary/aromatic N) is 2. The summed E-state index contributed by atoms with van der Waals surface area (Å²) in [7, 11) is 0. The number of carboxylic acids is 1. The number of benzene rings is 1. The zero-order chi connectivity index (χ0) is 14.9. The Labute approximate surface area is 130 Å². The minimum Gasteiger partial charge on any atom is -0.481 e. The molecule has 0 amide bonds. The van der Waals surface area contributed by atoms with Gasteiger partial charge in [0.2, 0.25) is 0 Å². The number of hydrogen-bond donors (Lipinski definition) is 2. The maximum absolute atomic E-state index is 10.7. The summed E-state index contributed by atoms with van der Waals surface area (Å²) in [5.74, 6) is -0.271. The van der Waals surface area contributed by atoms with Crippen LogP contribution in [0.3, 0.4) is 0 Å². The monoisotopic (exact) mass is 309 g/mol. The van der Waals surface area contributed by atoms with Crippen molar-refractivity contribution in [3.05, 3.63) is 41.6 Å². The molecule has 3 N–H and O–H groups in total. The van der Waals surface area contributed by atoms with E-state index in [1.165, 1.54) is 0 Å². The van der Waals surface area contributed by atoms with E-state index in [9.17, 15) is 4.79 Å². The van der Waals surface area contributed by atoms with E-state index in [-0.39, 0.29) is 24.2 Å². The second kappa shape index (κ2) is 6.18. The van der Waals surface area contributed by atoms with Gasteiger partial charge in [0.25, 0.3) is 0 Å². The summed E-state index contributed by atoms with van der Waals surface area (Å²) in [5.41, 5.74) is 8.43. The van der Waals surface area contributed by atoms with E-state index in [0.717, 1.165) is 16.9 Å². The standard InChI is InChI=1S/C15H19N3O2.ClH/c1-15(2,3)12-9-13(16)18(17-12)11-6-4-10(5-7-11)8-14(19)20;/h4-7,9H,8,16H2,1-3H3,(H,19,20);1H. The molecule has 0 spiro atoms. The van der Waals surface area contributed by atoms with Gasteiger partial charge in [0, 0.05) is 11.5 Å². The lowest BCUT2D eigenvalue weighted by Crippen LogP contribution is -2.12. The largest absolute Gasteiger partial charge is 0.481 e. The number of halogens is 1. The third-order valence-corrected chi connectivity index (χ3v) is 3.04. The minimum atomic E-state index is -0.841. The van der Waals surface area contributed by atoms with Crippen molar-refractivity contribution >= 4 is 24.2 Å². The minimum absolute atomic E-state index is 0. The molecular weight excluding hydrogens is 290 g/mol. The van der Waals surface area contributed by atoms with Gasteiger partial charge in [0.05, 0.1) is 17.8 Å². The van der Waals surface area contributed by atoms with Gasteiger partial charge >= 0.3 is 5.97 Å². The van der Waals surface area contributed by atoms with Crippen LogP contribution in [0, 0.1) is 0 Å². The Morgan fingerprint density at radius 2 is 1.86 bits per heavy atom. The number of anilines is 1. The number of aromatic nitrogens is 2. The number of rotatable bonds is 3. The fourth-order valence-electron chi connectivity index (χ4n) is 1.90. The molecule has 21 heavy (non-hydrogen) atoms. The molecular formula is C15H20ClN3O2. The zero-order valence-electron chi connectivity index (χ0n) is 12.3. The highest BCUT2D eigenvalue weighted by Crippen LogP contribution is 2.24. The molecule has 114 valence electrons. The summed E-state index contributed by atoms with van der Waals surface area (Å²) >= 11 is 0. The highest BCUT2D eigenvalue weighted by Gasteiger charge is 2.19. The first-order valence-corrected chi connectivity index (χ1v) is 6.44. The van der Waals surface area contributed by atoms with Crippen molar-refractivity contribution in [2.45, 2.75) is 32.6 Å². The van der Waals surface area contributed by atoms with Crippen molar-refractivity contribution in [1.82, 2.24) is 9.78 Å². The predicted molar refractivity (Wildman–Crippen MR) is 85.3 cm³/mol. The van der Waals surface area contributed by atoms with Crippen LogP contribution in [0.2, 0.25) is 0 Å². The van der Waals surface area contributed by atoms with Gasteiger partial charge in [0.15, 0.2) is 0 Å². The fourth-order valence-corrected chi connectivity index (χ4v) is 1.90. The maximum atomic E-state index is 10.7. The Kier molecular flexibility index (Phi) is 5.01. The van der Waals surface area contributed by atoms with Gasteiger partial charge < -0.3 is 10.8 Å². The Balaban J connectivity index is 0.00000220. The van der Waals surface area contributed by atoms with Gasteiger partial charge in [-0.15, -0.1) is 12.4 Å². The van der Waals surface area contributed by atoms with Crippen molar-refractivity contribution in [2.75, 3.05) is 5.73 Å². The van der Waals surface area contributed by atoms with Crippen LogP contribution in [0.25, 0.3) is 5.69 Å². The van der Waals surface area contributed by atoms with Crippen molar-refractivity contribution in [2.24, 2.45) is 0 Å². The molecule has 0 aliphatic heterocycles. The normalized spacial score (nSPS) is 11.0. The Hall–Kier alpha value is -2.01. The third-order valence-electron chi connectivity index (χ3n) is 3.04. The summed E-state index contributed by atoms with van der Waals surface area (Å²) in [4.78, 5) is 10.7. The molecule has 0 radical (unpaired) electrons. The molecule has 2 aromatic rings. The van der Waals surface area contributed by atoms with Gasteiger partial charge in [-0.25, -0.2) is 4.68 Å². The second-order valence-electron chi connectivity index (χ2n) is 5.85. The van der Waals surface area contributed by atoms with E-state index >= 15 is 0 Å². The van der Waals surface area contributed by atoms with Crippen molar-refractivity contribution in [1.29, 1.82) is 0 Å². The molecule has 0 atom stereocenters. The predicted octanol–water partition coefficient (Wildman–Crippen LogP) is 2.80. The first-order chi connectivity index (χ1) is 9.27. The number of carbonyl (C=O) groups is 1. The first kappa shape index (κ1) is 17.0. The summed E-state index contributed by atoms with van der Waals surface area (Å²) in [5, 5.41) is 13.3. The molecule has 6 heteroatoms. The molecule has 1 aromatic heterocycles. The molecule has 0 aliphatic rings. The molecule has 1 heterocycles. The molecule has 0 saturated heterocycles. The van der Waals surface area contributed by atoms with Gasteiger partial charge in [-0.2, -0.15) is 5.10 Å². The molecule has 2 rings (SSSR count). The van der Waals surface area contributed by atoms with Gasteiger partial charge in [-0.3, -0.25) is 4.79 Å². The van der Waals surface area contributed by atoms with Gasteiger partial charge in [0.1, 0.15) is 5.82 Å². The number of hydrogen-bond acceptors (Lipinski definition) is 3. The van der Waals surface area contributed by atoms with Crippen molar-refractivity contribution < 1.29 is 9.90 Å². The van der Waals surface area contributed by atoms with Crippen LogP contribution >= 0.6 is 12.4 Å². The van der Waals surface area contributed by atoms with E-state index in [1.54, 1.807) is 16.8 Å². The molecule has 0 aliphatic carbocycles. The molecule has 0 fully saturated rings. The molecule has 0 bridgehead atoms. The van der Waals surface area contributed by atoms with Crippen LogP contribution in [-0.2, 0) is 16.6 Å². The van der Waals surface area contributed by atoms with Crippen LogP contribution < -0.4 is 5.73 Å². The molecule has 0 unspecified atom stereocenters. The zero-order valence-corrected chi connectivity index (χ0v) is 13.1. The lowest BCUT2D eigenvalue weighted by Gasteiger charge is -2.14. The van der Waals surface area contributed by atoms with E-state index < -0.39 is 5.97 Å². The van der Waals surface area contributed by atoms with Gasteiger partial charge in [-0.1, -0.05) is 32.9 Å². The number of nitrogens with two attached hydrogens (primary N) is 1. The van der Waals surface area contributed by atoms with E-state index in [2.05, 4.69) is 25.9 Å². The summed E-state index contributed by atoms with van der Waals surface area (Å²) < 4.78 is 1.67. The lowest BCUT2D eigenvalue weighted by molar-refractivity contribution is -0.136. The third kappa shape index (κ3) is 3.98. The van der Waals surface area contributed by atoms with Crippen LogP contribution in [0.4, 0.5) is 5.82 Å². The van der Waals surface area contributed by atoms with E-state index in [0.29, 0.717) is 5.82 Å². The van der Waals surface area contributed by atoms with Crippen LogP contribution in [0.15, 0.2) is 30.3 Å². The maximum Gasteiger partial charge on any atom is 0.307 e. The summed E-state index contributed by atoms with van der Waals surface area (Å²) in [6.45, 7) is 6.24. The fraction of sp³-hybridized carbons (Fsp3) is 0.333. The van der Waals surface area contributed by atoms with Crippen LogP contribution in [-0.4, -0.2) is 20.9 Å².